The van der Waals surface area contributed by atoms with Crippen LogP contribution in [0.1, 0.15) is 24.5 Å². The SMILES string of the molecule is CCOCCCNC(=O)CNc1cccc(C)c1C. The van der Waals surface area contributed by atoms with Crippen LogP contribution >= 0.6 is 0 Å². The van der Waals surface area contributed by atoms with E-state index in [0.29, 0.717) is 19.7 Å². The highest BCUT2D eigenvalue weighted by atomic mass is 16.5. The van der Waals surface area contributed by atoms with Gasteiger partial charge in [-0.3, -0.25) is 4.79 Å². The highest BCUT2D eigenvalue weighted by Gasteiger charge is 2.03. The van der Waals surface area contributed by atoms with Crippen molar-refractivity contribution < 1.29 is 9.53 Å². The molecule has 0 unspecified atom stereocenters. The first-order valence-electron chi connectivity index (χ1n) is 6.79. The smallest absolute Gasteiger partial charge is 0.239 e. The molecule has 1 aromatic rings. The van der Waals surface area contributed by atoms with Crippen LogP contribution in [0.5, 0.6) is 0 Å². The summed E-state index contributed by atoms with van der Waals surface area (Å²) in [5.74, 6) is 0.0115. The summed E-state index contributed by atoms with van der Waals surface area (Å²) in [6.45, 7) is 8.47. The lowest BCUT2D eigenvalue weighted by Gasteiger charge is -2.11. The average molecular weight is 264 g/mol. The normalized spacial score (nSPS) is 10.3. The van der Waals surface area contributed by atoms with Crippen molar-refractivity contribution >= 4 is 11.6 Å². The Bertz CT molecular complexity index is 405. The zero-order chi connectivity index (χ0) is 14.1. The number of nitrogens with one attached hydrogen (secondary N) is 2. The fraction of sp³-hybridized carbons (Fsp3) is 0.533. The molecule has 0 aliphatic carbocycles. The van der Waals surface area contributed by atoms with E-state index in [1.54, 1.807) is 0 Å². The molecule has 1 rings (SSSR count). The molecule has 0 aliphatic rings. The average Bonchev–Trinajstić information content (AvgIpc) is 2.40. The highest BCUT2D eigenvalue weighted by Crippen LogP contribution is 2.17. The summed E-state index contributed by atoms with van der Waals surface area (Å²) in [5, 5.41) is 6.03. The van der Waals surface area contributed by atoms with Crippen LogP contribution in [0.4, 0.5) is 5.69 Å². The van der Waals surface area contributed by atoms with Crippen LogP contribution in [0.3, 0.4) is 0 Å². The topological polar surface area (TPSA) is 50.4 Å². The van der Waals surface area contributed by atoms with Crippen molar-refractivity contribution in [2.45, 2.75) is 27.2 Å². The standard InChI is InChI=1S/C15H24N2O2/c1-4-19-10-6-9-16-15(18)11-17-14-8-5-7-12(2)13(14)3/h5,7-8,17H,4,6,9-11H2,1-3H3,(H,16,18). The minimum absolute atomic E-state index is 0.0115. The Hall–Kier alpha value is -1.55. The number of benzene rings is 1. The maximum absolute atomic E-state index is 11.6. The molecule has 0 heterocycles. The van der Waals surface area contributed by atoms with E-state index in [4.69, 9.17) is 4.74 Å². The second kappa shape index (κ2) is 8.53. The lowest BCUT2D eigenvalue weighted by atomic mass is 10.1. The third-order valence-electron chi connectivity index (χ3n) is 3.04. The maximum Gasteiger partial charge on any atom is 0.239 e. The van der Waals surface area contributed by atoms with Gasteiger partial charge >= 0.3 is 0 Å². The molecule has 19 heavy (non-hydrogen) atoms. The van der Waals surface area contributed by atoms with Crippen molar-refractivity contribution in [3.8, 4) is 0 Å². The van der Waals surface area contributed by atoms with E-state index in [0.717, 1.165) is 18.7 Å². The van der Waals surface area contributed by atoms with Gasteiger partial charge in [0.2, 0.25) is 5.91 Å². The van der Waals surface area contributed by atoms with Crippen LogP contribution in [0, 0.1) is 13.8 Å². The zero-order valence-electron chi connectivity index (χ0n) is 12.1. The Kier molecular flexibility index (Phi) is 6.97. The molecule has 4 heteroatoms. The van der Waals surface area contributed by atoms with E-state index >= 15 is 0 Å². The number of anilines is 1. The molecule has 4 nitrogen and oxygen atoms in total. The molecule has 0 aliphatic heterocycles. The first-order valence-corrected chi connectivity index (χ1v) is 6.79. The lowest BCUT2D eigenvalue weighted by Crippen LogP contribution is -2.31. The summed E-state index contributed by atoms with van der Waals surface area (Å²) in [6, 6.07) is 6.05. The van der Waals surface area contributed by atoms with Gasteiger partial charge in [0.1, 0.15) is 0 Å². The minimum Gasteiger partial charge on any atom is -0.382 e. The summed E-state index contributed by atoms with van der Waals surface area (Å²) >= 11 is 0. The lowest BCUT2D eigenvalue weighted by molar-refractivity contribution is -0.119. The molecule has 0 saturated heterocycles. The number of carbonyl (C=O) groups excluding carboxylic acids is 1. The molecule has 106 valence electrons. The van der Waals surface area contributed by atoms with Gasteiger partial charge in [-0.1, -0.05) is 12.1 Å². The fourth-order valence-corrected chi connectivity index (χ4v) is 1.73. The second-order valence-corrected chi connectivity index (χ2v) is 4.50. The number of hydrogen-bond donors (Lipinski definition) is 2. The zero-order valence-corrected chi connectivity index (χ0v) is 12.1. The summed E-state index contributed by atoms with van der Waals surface area (Å²) in [6.07, 6.45) is 0.850. The quantitative estimate of drug-likeness (QED) is 0.708. The summed E-state index contributed by atoms with van der Waals surface area (Å²) in [4.78, 5) is 11.6. The van der Waals surface area contributed by atoms with Gasteiger partial charge in [0.05, 0.1) is 6.54 Å². The van der Waals surface area contributed by atoms with Crippen molar-refractivity contribution in [2.75, 3.05) is 31.6 Å². The maximum atomic E-state index is 11.6. The Balaban J connectivity index is 2.24. The molecular formula is C15H24N2O2. The van der Waals surface area contributed by atoms with Crippen LogP contribution in [0.25, 0.3) is 0 Å². The molecular weight excluding hydrogens is 240 g/mol. The number of ether oxygens (including phenoxy) is 1. The number of rotatable bonds is 8. The number of hydrogen-bond acceptors (Lipinski definition) is 3. The monoisotopic (exact) mass is 264 g/mol. The van der Waals surface area contributed by atoms with Crippen molar-refractivity contribution in [1.29, 1.82) is 0 Å². The molecule has 0 aromatic heterocycles. The van der Waals surface area contributed by atoms with Crippen molar-refractivity contribution in [3.05, 3.63) is 29.3 Å². The third-order valence-corrected chi connectivity index (χ3v) is 3.04. The molecule has 0 radical (unpaired) electrons. The first-order chi connectivity index (χ1) is 9.15. The predicted octanol–water partition coefficient (Wildman–Crippen LogP) is 2.26. The summed E-state index contributed by atoms with van der Waals surface area (Å²) < 4.78 is 5.21. The largest absolute Gasteiger partial charge is 0.382 e. The van der Waals surface area contributed by atoms with Crippen LogP contribution in [-0.2, 0) is 9.53 Å². The molecule has 0 spiro atoms. The summed E-state index contributed by atoms with van der Waals surface area (Å²) in [5.41, 5.74) is 3.43. The molecule has 0 saturated carbocycles. The van der Waals surface area contributed by atoms with Gasteiger partial charge in [-0.15, -0.1) is 0 Å². The van der Waals surface area contributed by atoms with Gasteiger partial charge in [-0.2, -0.15) is 0 Å². The molecule has 1 aromatic carbocycles. The van der Waals surface area contributed by atoms with Gasteiger partial charge in [0.25, 0.3) is 0 Å². The van der Waals surface area contributed by atoms with Crippen LogP contribution in [0.2, 0.25) is 0 Å². The van der Waals surface area contributed by atoms with Gasteiger partial charge in [0.15, 0.2) is 0 Å². The summed E-state index contributed by atoms with van der Waals surface area (Å²) in [7, 11) is 0. The predicted molar refractivity (Wildman–Crippen MR) is 78.5 cm³/mol. The van der Waals surface area contributed by atoms with Crippen molar-refractivity contribution in [2.24, 2.45) is 0 Å². The van der Waals surface area contributed by atoms with E-state index in [2.05, 4.69) is 30.5 Å². The Morgan fingerprint density at radius 3 is 2.84 bits per heavy atom. The number of aryl methyl sites for hydroxylation is 1. The van der Waals surface area contributed by atoms with Crippen LogP contribution < -0.4 is 10.6 Å². The Morgan fingerprint density at radius 2 is 2.11 bits per heavy atom. The number of carbonyl (C=O) groups is 1. The van der Waals surface area contributed by atoms with E-state index in [9.17, 15) is 4.79 Å². The fourth-order valence-electron chi connectivity index (χ4n) is 1.73. The van der Waals surface area contributed by atoms with Crippen LogP contribution in [-0.4, -0.2) is 32.2 Å². The number of amides is 1. The van der Waals surface area contributed by atoms with E-state index in [1.807, 2.05) is 19.1 Å². The van der Waals surface area contributed by atoms with Gasteiger partial charge in [0, 0.05) is 25.4 Å². The molecule has 1 amide bonds. The van der Waals surface area contributed by atoms with Crippen molar-refractivity contribution in [3.63, 3.8) is 0 Å². The minimum atomic E-state index is 0.0115. The highest BCUT2D eigenvalue weighted by molar-refractivity contribution is 5.81. The third kappa shape index (κ3) is 5.75. The Labute approximate surface area is 115 Å². The van der Waals surface area contributed by atoms with Crippen LogP contribution in [0.15, 0.2) is 18.2 Å². The molecule has 0 bridgehead atoms. The molecule has 0 atom stereocenters. The van der Waals surface area contributed by atoms with Gasteiger partial charge in [-0.25, -0.2) is 0 Å². The second-order valence-electron chi connectivity index (χ2n) is 4.50. The first kappa shape index (κ1) is 15.5. The Morgan fingerprint density at radius 1 is 1.32 bits per heavy atom. The van der Waals surface area contributed by atoms with E-state index in [1.165, 1.54) is 11.1 Å². The molecule has 2 N–H and O–H groups in total. The van der Waals surface area contributed by atoms with Gasteiger partial charge < -0.3 is 15.4 Å². The van der Waals surface area contributed by atoms with E-state index in [-0.39, 0.29) is 5.91 Å². The van der Waals surface area contributed by atoms with E-state index < -0.39 is 0 Å². The molecule has 0 fully saturated rings. The van der Waals surface area contributed by atoms with Crippen molar-refractivity contribution in [1.82, 2.24) is 5.32 Å². The van der Waals surface area contributed by atoms with Gasteiger partial charge in [-0.05, 0) is 44.4 Å².